The van der Waals surface area contributed by atoms with Gasteiger partial charge >= 0.3 is 21.1 Å². The molecule has 0 aromatic rings. The monoisotopic (exact) mass is 311 g/mol. The van der Waals surface area contributed by atoms with E-state index in [1.165, 1.54) is 0 Å². The first-order valence-corrected chi connectivity index (χ1v) is 2.02. The third-order valence-electron chi connectivity index (χ3n) is 0.533. The minimum Gasteiger partial charge on any atom is -0.550 e. The second-order valence-corrected chi connectivity index (χ2v) is 1.24. The fourth-order valence-corrected chi connectivity index (χ4v) is 0.204. The van der Waals surface area contributed by atoms with Gasteiger partial charge in [0.2, 0.25) is 0 Å². The van der Waals surface area contributed by atoms with Gasteiger partial charge in [0.25, 0.3) is 0 Å². The van der Waals surface area contributed by atoms with Gasteiger partial charge in [0, 0.05) is 11.9 Å². The van der Waals surface area contributed by atoms with E-state index in [1.54, 1.807) is 0 Å². The Balaban J connectivity index is 0. The summed E-state index contributed by atoms with van der Waals surface area (Å²) in [4.78, 5) is 19.0. The van der Waals surface area contributed by atoms with Gasteiger partial charge in [-0.25, -0.2) is 0 Å². The van der Waals surface area contributed by atoms with Crippen molar-refractivity contribution < 1.29 is 40.9 Å². The van der Waals surface area contributed by atoms with Crippen LogP contribution in [-0.2, 0) is 30.7 Å². The molecule has 0 rings (SSSR count). The molecule has 0 aliphatic carbocycles. The Morgan fingerprint density at radius 3 is 1.33 bits per heavy atom. The fourth-order valence-electron chi connectivity index (χ4n) is 0.204. The minimum absolute atomic E-state index is 0. The van der Waals surface area contributed by atoms with Crippen LogP contribution in [0.5, 0.6) is 0 Å². The van der Waals surface area contributed by atoms with E-state index >= 15 is 0 Å². The summed E-state index contributed by atoms with van der Waals surface area (Å²) in [6.45, 7) is 0. The zero-order valence-electron chi connectivity index (χ0n) is 4.36. The maximum atomic E-state index is 9.50. The molecule has 0 saturated carbocycles. The van der Waals surface area contributed by atoms with E-state index in [9.17, 15) is 19.8 Å². The quantitative estimate of drug-likeness (QED) is 0.566. The molecule has 0 bridgehead atoms. The second-order valence-electron chi connectivity index (χ2n) is 1.24. The fraction of sp³-hybridized carbons (Fsp3) is 0.500. The molecule has 0 saturated heterocycles. The van der Waals surface area contributed by atoms with Crippen molar-refractivity contribution in [2.75, 3.05) is 0 Å². The molecule has 0 aromatic heterocycles. The number of carbonyl (C=O) groups excluding carboxylic acids is 2. The zero-order valence-corrected chi connectivity index (χ0v) is 6.64. The molecule has 9 heavy (non-hydrogen) atoms. The van der Waals surface area contributed by atoms with Crippen LogP contribution in [0.2, 0.25) is 0 Å². The Hall–Kier alpha value is -0.372. The van der Waals surface area contributed by atoms with Crippen molar-refractivity contribution in [2.24, 2.45) is 0 Å². The van der Waals surface area contributed by atoms with E-state index in [0.717, 1.165) is 0 Å². The summed E-state index contributed by atoms with van der Waals surface area (Å²) in [7, 11) is 0. The zero-order chi connectivity index (χ0) is 6.57. The summed E-state index contributed by atoms with van der Waals surface area (Å²) < 4.78 is 0. The van der Waals surface area contributed by atoms with Crippen LogP contribution in [-0.4, -0.2) is 11.9 Å². The molecule has 0 radical (unpaired) electrons. The Morgan fingerprint density at radius 1 is 1.00 bits per heavy atom. The van der Waals surface area contributed by atoms with Gasteiger partial charge in [-0.15, -0.1) is 0 Å². The SMILES string of the molecule is O=C([O-])CCC(=O)[O-].[Pt+2]. The number of carbonyl (C=O) groups is 2. The van der Waals surface area contributed by atoms with Crippen molar-refractivity contribution in [3.8, 4) is 0 Å². The number of aliphatic carboxylic acids is 2. The summed E-state index contributed by atoms with van der Waals surface area (Å²) >= 11 is 0. The maximum absolute atomic E-state index is 9.50. The smallest absolute Gasteiger partial charge is 0.550 e. The molecule has 0 unspecified atom stereocenters. The summed E-state index contributed by atoms with van der Waals surface area (Å²) in [5, 5.41) is 19.0. The van der Waals surface area contributed by atoms with E-state index in [0.29, 0.717) is 0 Å². The van der Waals surface area contributed by atoms with Crippen LogP contribution in [0.4, 0.5) is 0 Å². The van der Waals surface area contributed by atoms with E-state index < -0.39 is 24.8 Å². The number of rotatable bonds is 3. The van der Waals surface area contributed by atoms with Crippen LogP contribution >= 0.6 is 0 Å². The topological polar surface area (TPSA) is 80.3 Å². The largest absolute Gasteiger partial charge is 2.00 e. The molecule has 0 atom stereocenters. The first-order chi connectivity index (χ1) is 3.63. The molecule has 4 nitrogen and oxygen atoms in total. The number of hydrogen-bond acceptors (Lipinski definition) is 4. The number of hydrogen-bond donors (Lipinski definition) is 0. The number of carboxylic acids is 2. The van der Waals surface area contributed by atoms with Gasteiger partial charge in [-0.2, -0.15) is 0 Å². The molecule has 54 valence electrons. The first kappa shape index (κ1) is 11.4. The van der Waals surface area contributed by atoms with Gasteiger partial charge in [-0.05, 0) is 12.8 Å². The minimum atomic E-state index is -1.37. The average molecular weight is 311 g/mol. The third kappa shape index (κ3) is 11.3. The van der Waals surface area contributed by atoms with Crippen molar-refractivity contribution >= 4 is 11.9 Å². The average Bonchev–Trinajstić information content (AvgIpc) is 1.61. The van der Waals surface area contributed by atoms with Crippen molar-refractivity contribution in [3.63, 3.8) is 0 Å². The molecule has 0 aromatic carbocycles. The predicted octanol–water partition coefficient (Wildman–Crippen LogP) is -2.74. The van der Waals surface area contributed by atoms with E-state index in [4.69, 9.17) is 0 Å². The van der Waals surface area contributed by atoms with Crippen molar-refractivity contribution in [3.05, 3.63) is 0 Å². The summed E-state index contributed by atoms with van der Waals surface area (Å²) in [6.07, 6.45) is -0.940. The van der Waals surface area contributed by atoms with E-state index in [-0.39, 0.29) is 21.1 Å². The van der Waals surface area contributed by atoms with Crippen LogP contribution in [0.3, 0.4) is 0 Å². The number of carboxylic acid groups (broad SMARTS) is 2. The van der Waals surface area contributed by atoms with Crippen LogP contribution in [0.25, 0.3) is 0 Å². The Bertz CT molecular complexity index is 97.1. The molecule has 0 fully saturated rings. The van der Waals surface area contributed by atoms with Crippen molar-refractivity contribution in [1.29, 1.82) is 0 Å². The Kier molecular flexibility index (Phi) is 7.31. The van der Waals surface area contributed by atoms with Crippen LogP contribution < -0.4 is 10.2 Å². The van der Waals surface area contributed by atoms with Crippen LogP contribution in [0.1, 0.15) is 12.8 Å². The van der Waals surface area contributed by atoms with Crippen LogP contribution in [0.15, 0.2) is 0 Å². The molecular weight excluding hydrogens is 307 g/mol. The molecule has 0 amide bonds. The first-order valence-electron chi connectivity index (χ1n) is 2.02. The van der Waals surface area contributed by atoms with Crippen molar-refractivity contribution in [1.82, 2.24) is 0 Å². The molecular formula is C4H4O4Pt. The molecule has 0 spiro atoms. The molecule has 5 heteroatoms. The van der Waals surface area contributed by atoms with Gasteiger partial charge in [-0.1, -0.05) is 0 Å². The molecule has 0 N–H and O–H groups in total. The van der Waals surface area contributed by atoms with Gasteiger partial charge in [0.1, 0.15) is 0 Å². The van der Waals surface area contributed by atoms with E-state index in [2.05, 4.69) is 0 Å². The predicted molar refractivity (Wildman–Crippen MR) is 19.2 cm³/mol. The Morgan fingerprint density at radius 2 is 1.22 bits per heavy atom. The second kappa shape index (κ2) is 5.76. The Labute approximate surface area is 66.1 Å². The molecule has 0 heterocycles. The maximum Gasteiger partial charge on any atom is 2.00 e. The van der Waals surface area contributed by atoms with E-state index in [1.807, 2.05) is 0 Å². The van der Waals surface area contributed by atoms with Gasteiger partial charge in [0.05, 0.1) is 0 Å². The third-order valence-corrected chi connectivity index (χ3v) is 0.533. The van der Waals surface area contributed by atoms with Crippen LogP contribution in [0, 0.1) is 0 Å². The normalized spacial score (nSPS) is 7.56. The molecule has 0 aliphatic heterocycles. The van der Waals surface area contributed by atoms with Gasteiger partial charge in [0.15, 0.2) is 0 Å². The van der Waals surface area contributed by atoms with Crippen molar-refractivity contribution in [2.45, 2.75) is 12.8 Å². The van der Waals surface area contributed by atoms with Gasteiger partial charge < -0.3 is 19.8 Å². The standard InChI is InChI=1S/C4H6O4.Pt/c5-3(6)1-2-4(7)8;/h1-2H2,(H,5,6)(H,7,8);/q;+2/p-2. The summed E-state index contributed by atoms with van der Waals surface area (Å²) in [6, 6.07) is 0. The molecule has 0 aliphatic rings. The summed E-state index contributed by atoms with van der Waals surface area (Å²) in [5.41, 5.74) is 0. The van der Waals surface area contributed by atoms with Gasteiger partial charge in [-0.3, -0.25) is 0 Å². The summed E-state index contributed by atoms with van der Waals surface area (Å²) in [5.74, 6) is -2.73.